The minimum atomic E-state index is -0.187. The summed E-state index contributed by atoms with van der Waals surface area (Å²) in [6, 6.07) is 15.0. The van der Waals surface area contributed by atoms with Gasteiger partial charge >= 0.3 is 0 Å². The number of hydrogen-bond donors (Lipinski definition) is 1. The molecule has 1 heterocycles. The number of amides is 1. The summed E-state index contributed by atoms with van der Waals surface area (Å²) in [6.07, 6.45) is 1.61. The topological polar surface area (TPSA) is 56.1 Å². The summed E-state index contributed by atoms with van der Waals surface area (Å²) in [7, 11) is 1.64. The van der Waals surface area contributed by atoms with Gasteiger partial charge in [0, 0.05) is 17.8 Å². The van der Waals surface area contributed by atoms with E-state index in [0.29, 0.717) is 17.2 Å². The molecular formula is C21H22ClN3O2. The van der Waals surface area contributed by atoms with E-state index in [1.54, 1.807) is 18.0 Å². The highest BCUT2D eigenvalue weighted by Gasteiger charge is 2.21. The number of anilines is 1. The Kier molecular flexibility index (Phi) is 5.94. The predicted molar refractivity (Wildman–Crippen MR) is 108 cm³/mol. The minimum Gasteiger partial charge on any atom is -0.380 e. The second-order valence-corrected chi connectivity index (χ2v) is 7.01. The number of carbonyl (C=O) groups is 1. The van der Waals surface area contributed by atoms with Gasteiger partial charge in [-0.3, -0.25) is 4.79 Å². The van der Waals surface area contributed by atoms with Gasteiger partial charge in [0.1, 0.15) is 0 Å². The molecule has 0 saturated carbocycles. The average molecular weight is 384 g/mol. The van der Waals surface area contributed by atoms with Crippen molar-refractivity contribution in [2.45, 2.75) is 26.4 Å². The molecule has 3 aromatic rings. The van der Waals surface area contributed by atoms with Crippen LogP contribution in [0.4, 0.5) is 5.69 Å². The molecular weight excluding hydrogens is 362 g/mol. The van der Waals surface area contributed by atoms with Crippen LogP contribution in [0.15, 0.2) is 54.7 Å². The van der Waals surface area contributed by atoms with Gasteiger partial charge in [-0.25, -0.2) is 4.68 Å². The van der Waals surface area contributed by atoms with Crippen LogP contribution in [0.3, 0.4) is 0 Å². The Balaban J connectivity index is 1.91. The first-order valence-corrected chi connectivity index (χ1v) is 9.10. The van der Waals surface area contributed by atoms with Gasteiger partial charge < -0.3 is 10.1 Å². The molecule has 0 saturated heterocycles. The lowest BCUT2D eigenvalue weighted by Gasteiger charge is -2.13. The Labute approximate surface area is 163 Å². The molecule has 0 aliphatic heterocycles. The van der Waals surface area contributed by atoms with E-state index in [1.165, 1.54) is 0 Å². The highest BCUT2D eigenvalue weighted by atomic mass is 35.5. The second-order valence-electron chi connectivity index (χ2n) is 6.57. The van der Waals surface area contributed by atoms with Gasteiger partial charge in [-0.15, -0.1) is 0 Å². The van der Waals surface area contributed by atoms with Gasteiger partial charge in [0.25, 0.3) is 5.91 Å². The van der Waals surface area contributed by atoms with E-state index in [-0.39, 0.29) is 11.8 Å². The molecule has 1 N–H and O–H groups in total. The molecule has 2 aromatic carbocycles. The summed E-state index contributed by atoms with van der Waals surface area (Å²) in [4.78, 5) is 12.9. The first kappa shape index (κ1) is 19.1. The zero-order valence-electron chi connectivity index (χ0n) is 15.6. The molecule has 0 aliphatic rings. The number of rotatable bonds is 6. The molecule has 0 unspecified atom stereocenters. The number of carbonyl (C=O) groups excluding carboxylic acids is 1. The van der Waals surface area contributed by atoms with Crippen LogP contribution < -0.4 is 5.32 Å². The van der Waals surface area contributed by atoms with Crippen LogP contribution in [0.5, 0.6) is 0 Å². The maximum atomic E-state index is 12.9. The molecule has 0 radical (unpaired) electrons. The first-order chi connectivity index (χ1) is 13.0. The number of nitrogens with zero attached hydrogens (tertiary/aromatic N) is 2. The molecule has 5 nitrogen and oxygen atoms in total. The molecule has 1 amide bonds. The Hall–Kier alpha value is -2.63. The van der Waals surface area contributed by atoms with E-state index in [2.05, 4.69) is 10.4 Å². The monoisotopic (exact) mass is 383 g/mol. The summed E-state index contributed by atoms with van der Waals surface area (Å²) in [5.41, 5.74) is 3.99. The fourth-order valence-corrected chi connectivity index (χ4v) is 3.11. The fourth-order valence-electron chi connectivity index (χ4n) is 2.98. The third-order valence-electron chi connectivity index (χ3n) is 4.16. The van der Waals surface area contributed by atoms with Crippen LogP contribution in [0, 0.1) is 0 Å². The predicted octanol–water partition coefficient (Wildman–Crippen LogP) is 5.05. The number of halogens is 1. The fraction of sp³-hybridized carbons (Fsp3) is 0.238. The van der Waals surface area contributed by atoms with Crippen molar-refractivity contribution in [1.29, 1.82) is 0 Å². The maximum absolute atomic E-state index is 12.9. The molecule has 140 valence electrons. The van der Waals surface area contributed by atoms with Crippen LogP contribution in [0.2, 0.25) is 5.02 Å². The van der Waals surface area contributed by atoms with Gasteiger partial charge in [-0.2, -0.15) is 5.10 Å². The van der Waals surface area contributed by atoms with E-state index in [9.17, 15) is 4.79 Å². The van der Waals surface area contributed by atoms with Crippen molar-refractivity contribution < 1.29 is 9.53 Å². The number of ether oxygens (including phenoxy) is 1. The SMILES string of the molecule is COCc1cccc(NC(=O)c2cnn(-c3ccc(Cl)cc3)c2C(C)C)c1. The van der Waals surface area contributed by atoms with Gasteiger partial charge in [0.05, 0.1) is 29.7 Å². The molecule has 0 bridgehead atoms. The Bertz CT molecular complexity index is 933. The van der Waals surface area contributed by atoms with Crippen LogP contribution >= 0.6 is 11.6 Å². The summed E-state index contributed by atoms with van der Waals surface area (Å²) in [5.74, 6) is -0.0720. The number of nitrogens with one attached hydrogen (secondary N) is 1. The average Bonchev–Trinajstić information content (AvgIpc) is 3.08. The first-order valence-electron chi connectivity index (χ1n) is 8.72. The van der Waals surface area contributed by atoms with Gasteiger partial charge in [-0.05, 0) is 47.9 Å². The summed E-state index contributed by atoms with van der Waals surface area (Å²) in [5, 5.41) is 8.06. The highest BCUT2D eigenvalue weighted by Crippen LogP contribution is 2.25. The van der Waals surface area contributed by atoms with Crippen molar-refractivity contribution in [1.82, 2.24) is 9.78 Å². The van der Waals surface area contributed by atoms with E-state index in [1.807, 2.05) is 62.4 Å². The maximum Gasteiger partial charge on any atom is 0.259 e. The van der Waals surface area contributed by atoms with Crippen molar-refractivity contribution in [3.05, 3.63) is 76.6 Å². The zero-order chi connectivity index (χ0) is 19.4. The van der Waals surface area contributed by atoms with Gasteiger partial charge in [0.15, 0.2) is 0 Å². The summed E-state index contributed by atoms with van der Waals surface area (Å²) >= 11 is 5.98. The van der Waals surface area contributed by atoms with Gasteiger partial charge in [0.2, 0.25) is 0 Å². The largest absolute Gasteiger partial charge is 0.380 e. The lowest BCUT2D eigenvalue weighted by atomic mass is 10.0. The quantitative estimate of drug-likeness (QED) is 0.648. The Morgan fingerprint density at radius 1 is 1.22 bits per heavy atom. The molecule has 0 aliphatic carbocycles. The van der Waals surface area contributed by atoms with Gasteiger partial charge in [-0.1, -0.05) is 37.6 Å². The third kappa shape index (κ3) is 4.38. The molecule has 0 spiro atoms. The van der Waals surface area contributed by atoms with E-state index >= 15 is 0 Å². The van der Waals surface area contributed by atoms with Crippen molar-refractivity contribution in [3.63, 3.8) is 0 Å². The minimum absolute atomic E-state index is 0.115. The summed E-state index contributed by atoms with van der Waals surface area (Å²) < 4.78 is 6.94. The van der Waals surface area contributed by atoms with Crippen LogP contribution in [-0.4, -0.2) is 22.8 Å². The number of benzene rings is 2. The number of aromatic nitrogens is 2. The van der Waals surface area contributed by atoms with Crippen molar-refractivity contribution in [2.24, 2.45) is 0 Å². The lowest BCUT2D eigenvalue weighted by molar-refractivity contribution is 0.102. The van der Waals surface area contributed by atoms with Crippen molar-refractivity contribution in [2.75, 3.05) is 12.4 Å². The zero-order valence-corrected chi connectivity index (χ0v) is 16.3. The third-order valence-corrected chi connectivity index (χ3v) is 4.42. The molecule has 27 heavy (non-hydrogen) atoms. The van der Waals surface area contributed by atoms with Crippen molar-refractivity contribution in [3.8, 4) is 5.69 Å². The van der Waals surface area contributed by atoms with Crippen LogP contribution in [0.1, 0.15) is 41.4 Å². The molecule has 1 aromatic heterocycles. The standard InChI is InChI=1S/C21H22ClN3O2/c1-14(2)20-19(12-23-25(20)18-9-7-16(22)8-10-18)21(26)24-17-6-4-5-15(11-17)13-27-3/h4-12,14H,13H2,1-3H3,(H,24,26). The van der Waals surface area contributed by atoms with E-state index in [4.69, 9.17) is 16.3 Å². The second kappa shape index (κ2) is 8.37. The highest BCUT2D eigenvalue weighted by molar-refractivity contribution is 6.30. The molecule has 0 fully saturated rings. The smallest absolute Gasteiger partial charge is 0.259 e. The Morgan fingerprint density at radius 2 is 1.96 bits per heavy atom. The molecule has 6 heteroatoms. The lowest BCUT2D eigenvalue weighted by Crippen LogP contribution is -2.15. The number of hydrogen-bond acceptors (Lipinski definition) is 3. The van der Waals surface area contributed by atoms with E-state index < -0.39 is 0 Å². The van der Waals surface area contributed by atoms with Crippen LogP contribution in [0.25, 0.3) is 5.69 Å². The van der Waals surface area contributed by atoms with Crippen LogP contribution in [-0.2, 0) is 11.3 Å². The molecule has 0 atom stereocenters. The molecule has 3 rings (SSSR count). The summed E-state index contributed by atoms with van der Waals surface area (Å²) in [6.45, 7) is 4.58. The van der Waals surface area contributed by atoms with Crippen molar-refractivity contribution >= 4 is 23.2 Å². The van der Waals surface area contributed by atoms with E-state index in [0.717, 1.165) is 22.6 Å². The normalized spacial score (nSPS) is 11.0. The number of methoxy groups -OCH3 is 1. The Morgan fingerprint density at radius 3 is 2.63 bits per heavy atom.